The van der Waals surface area contributed by atoms with Crippen molar-refractivity contribution in [3.05, 3.63) is 349 Å². The highest BCUT2D eigenvalue weighted by Gasteiger charge is 2.33. The summed E-state index contributed by atoms with van der Waals surface area (Å²) in [6.07, 6.45) is 22.8. The van der Waals surface area contributed by atoms with E-state index in [2.05, 4.69) is 450 Å². The summed E-state index contributed by atoms with van der Waals surface area (Å²) >= 11 is 0. The van der Waals surface area contributed by atoms with E-state index in [-0.39, 0.29) is 0 Å². The summed E-state index contributed by atoms with van der Waals surface area (Å²) in [6, 6.07) is 81.5. The Labute approximate surface area is 678 Å². The second kappa shape index (κ2) is 37.3. The Hall–Kier alpha value is -12.4. The zero-order valence-electron chi connectivity index (χ0n) is 71.4. The number of imidazole rings is 4. The molecule has 0 atom stereocenters. The van der Waals surface area contributed by atoms with Gasteiger partial charge < -0.3 is 13.7 Å². The number of hydrogen-bond donors (Lipinski definition) is 0. The van der Waals surface area contributed by atoms with Gasteiger partial charge in [-0.3, -0.25) is 0 Å². The van der Waals surface area contributed by atoms with Crippen LogP contribution in [0.5, 0.6) is 0 Å². The summed E-state index contributed by atoms with van der Waals surface area (Å²) in [5.41, 5.74) is 28.5. The van der Waals surface area contributed by atoms with Gasteiger partial charge in [-0.2, -0.15) is 13.7 Å². The van der Waals surface area contributed by atoms with Crippen molar-refractivity contribution in [1.82, 2.24) is 32.4 Å². The van der Waals surface area contributed by atoms with E-state index in [0.29, 0.717) is 23.7 Å². The molecule has 0 spiro atoms. The molecule has 9 heterocycles. The molecule has 0 saturated carbocycles. The summed E-state index contributed by atoms with van der Waals surface area (Å²) in [5, 5.41) is 0. The van der Waals surface area contributed by atoms with Crippen LogP contribution in [0, 0.1) is 34.6 Å². The van der Waals surface area contributed by atoms with Gasteiger partial charge in [0.1, 0.15) is 74.4 Å². The number of aromatic nitrogens is 13. The smallest absolute Gasteiger partial charge is 0.330 e. The first-order valence-electron chi connectivity index (χ1n) is 40.0. The van der Waals surface area contributed by atoms with Crippen LogP contribution in [-0.2, 0) is 63.4 Å². The highest BCUT2D eigenvalue weighted by Crippen LogP contribution is 2.38. The fourth-order valence-corrected chi connectivity index (χ4v) is 15.2. The van der Waals surface area contributed by atoms with E-state index in [9.17, 15) is 0 Å². The Morgan fingerprint density at radius 1 is 0.325 bits per heavy atom. The molecular weight excluding hydrogens is 1400 g/mol. The normalized spacial score (nSPS) is 11.0. The quantitative estimate of drug-likeness (QED) is 0.106. The van der Waals surface area contributed by atoms with Crippen molar-refractivity contribution in [3.8, 4) is 85.5 Å². The maximum atomic E-state index is 4.43. The minimum Gasteiger partial charge on any atom is -0.344 e. The predicted molar refractivity (Wildman–Crippen MR) is 469 cm³/mol. The van der Waals surface area contributed by atoms with Crippen molar-refractivity contribution < 1.29 is 27.4 Å². The van der Waals surface area contributed by atoms with Crippen LogP contribution in [0.15, 0.2) is 299 Å². The number of pyridine rings is 3. The summed E-state index contributed by atoms with van der Waals surface area (Å²) in [5.74, 6) is 6.28. The van der Waals surface area contributed by atoms with Gasteiger partial charge in [0.05, 0.1) is 21.1 Å². The molecule has 0 aliphatic carbocycles. The van der Waals surface area contributed by atoms with Crippen LogP contribution in [-0.4, -0.2) is 32.4 Å². The second-order valence-electron chi connectivity index (χ2n) is 31.4. The van der Waals surface area contributed by atoms with Gasteiger partial charge in [-0.05, 0) is 159 Å². The van der Waals surface area contributed by atoms with Gasteiger partial charge in [-0.1, -0.05) is 177 Å². The Kier molecular flexibility index (Phi) is 27.0. The largest absolute Gasteiger partial charge is 0.344 e. The van der Waals surface area contributed by atoms with Gasteiger partial charge in [-0.15, -0.1) is 0 Å². The molecule has 16 aromatic rings. The van der Waals surface area contributed by atoms with Crippen LogP contribution in [0.4, 0.5) is 0 Å². The number of rotatable bonds is 13. The fourth-order valence-electron chi connectivity index (χ4n) is 15.2. The first-order valence-corrected chi connectivity index (χ1v) is 40.0. The van der Waals surface area contributed by atoms with Gasteiger partial charge in [0.2, 0.25) is 22.9 Å². The molecule has 0 aliphatic rings. The maximum Gasteiger partial charge on any atom is 0.330 e. The lowest BCUT2D eigenvalue weighted by molar-refractivity contribution is -0.660. The Morgan fingerprint density at radius 3 is 1.29 bits per heavy atom. The van der Waals surface area contributed by atoms with Crippen molar-refractivity contribution >= 4 is 11.0 Å². The first-order chi connectivity index (χ1) is 54.7. The van der Waals surface area contributed by atoms with Crippen LogP contribution < -0.4 is 27.4 Å². The molecule has 0 unspecified atom stereocenters. The molecule has 0 fully saturated rings. The van der Waals surface area contributed by atoms with Gasteiger partial charge in [-0.25, -0.2) is 32.4 Å². The molecule has 0 amide bonds. The van der Waals surface area contributed by atoms with E-state index in [1.165, 1.54) is 129 Å². The molecule has 13 nitrogen and oxygen atoms in total. The molecule has 0 radical (unpaired) electrons. The first kappa shape index (κ1) is 82.6. The maximum absolute atomic E-state index is 4.43. The zero-order chi connectivity index (χ0) is 81.6. The number of hydrogen-bond acceptors (Lipinski definition) is 1. The lowest BCUT2D eigenvalue weighted by Crippen LogP contribution is -2.31. The SMILES string of the molecule is CC(C)c1cccc(C(C)C)c1-n1c(-c2cccn2C)[n+](C)c2ccccc21.CC(C)c1cccc(C(C)C)c1-n1cc[n+](C)c1-c1cccn1C.Cc1cc[n+](C)c(-c2ccccc2C)c1.Cc1ccc(-c2ccccc2C)[n+](C)c1.Cc1ccccc1-c1cccc[n+]1C.Cn1ccnc1-c1n(-c2ccccc2)cc[n+]1C. The average molecular weight is 1520 g/mol. The van der Waals surface area contributed by atoms with Crippen molar-refractivity contribution in [2.75, 3.05) is 0 Å². The van der Waals surface area contributed by atoms with Gasteiger partial charge in [0.15, 0.2) is 29.6 Å². The summed E-state index contributed by atoms with van der Waals surface area (Å²) in [4.78, 5) is 4.43. The number of aryl methyl sites for hydroxylation is 14. The Balaban J connectivity index is 0.000000138. The van der Waals surface area contributed by atoms with Crippen molar-refractivity contribution in [2.45, 2.75) is 114 Å². The summed E-state index contributed by atoms with van der Waals surface area (Å²) in [7, 11) is 18.8. The van der Waals surface area contributed by atoms with E-state index >= 15 is 0 Å². The lowest BCUT2D eigenvalue weighted by Gasteiger charge is -2.18. The molecule has 582 valence electrons. The molecule has 0 bridgehead atoms. The van der Waals surface area contributed by atoms with E-state index in [0.717, 1.165) is 17.3 Å². The van der Waals surface area contributed by atoms with Crippen LogP contribution in [0.3, 0.4) is 0 Å². The molecule has 114 heavy (non-hydrogen) atoms. The van der Waals surface area contributed by atoms with Crippen LogP contribution >= 0.6 is 0 Å². The average Bonchev–Trinajstić information content (AvgIpc) is 1.55. The highest BCUT2D eigenvalue weighted by atomic mass is 15.2. The number of para-hydroxylation sites is 5. The third-order valence-electron chi connectivity index (χ3n) is 21.5. The number of fused-ring (bicyclic) bond motifs is 1. The molecule has 13 heteroatoms. The van der Waals surface area contributed by atoms with Crippen molar-refractivity contribution in [2.24, 2.45) is 63.4 Å². The van der Waals surface area contributed by atoms with E-state index in [4.69, 9.17) is 0 Å². The molecule has 16 rings (SSSR count). The molecule has 7 aromatic carbocycles. The van der Waals surface area contributed by atoms with Gasteiger partial charge in [0.25, 0.3) is 0 Å². The van der Waals surface area contributed by atoms with E-state index < -0.39 is 0 Å². The monoisotopic (exact) mass is 1510 g/mol. The number of nitrogens with zero attached hydrogens (tertiary/aromatic N) is 13. The van der Waals surface area contributed by atoms with Crippen molar-refractivity contribution in [3.63, 3.8) is 0 Å². The highest BCUT2D eigenvalue weighted by molar-refractivity contribution is 5.80. The summed E-state index contributed by atoms with van der Waals surface area (Å²) < 4.78 is 26.5. The van der Waals surface area contributed by atoms with Gasteiger partial charge >= 0.3 is 17.5 Å². The Morgan fingerprint density at radius 2 is 0.789 bits per heavy atom. The molecule has 0 saturated heterocycles. The molecule has 0 N–H and O–H groups in total. The topological polar surface area (TPSA) is 65.8 Å². The third-order valence-corrected chi connectivity index (χ3v) is 21.5. The predicted octanol–water partition coefficient (Wildman–Crippen LogP) is 20.0. The molecule has 9 aromatic heterocycles. The fraction of sp³-hybridized carbons (Fsp3) is 0.257. The lowest BCUT2D eigenvalue weighted by atomic mass is 9.92. The van der Waals surface area contributed by atoms with Crippen LogP contribution in [0.25, 0.3) is 96.6 Å². The molecular formula is C101H119N13+6. The Bertz CT molecular complexity index is 5800. The minimum absolute atomic E-state index is 0.446. The number of benzene rings is 7. The van der Waals surface area contributed by atoms with E-state index in [1.807, 2.05) is 61.5 Å². The molecule has 0 aliphatic heterocycles. The third kappa shape index (κ3) is 18.5. The second-order valence-corrected chi connectivity index (χ2v) is 31.4. The minimum atomic E-state index is 0.446. The zero-order valence-corrected chi connectivity index (χ0v) is 71.4. The van der Waals surface area contributed by atoms with Gasteiger partial charge in [0, 0.05) is 121 Å². The van der Waals surface area contributed by atoms with Crippen molar-refractivity contribution in [1.29, 1.82) is 0 Å². The van der Waals surface area contributed by atoms with E-state index in [1.54, 1.807) is 0 Å². The van der Waals surface area contributed by atoms with Crippen LogP contribution in [0.2, 0.25) is 0 Å². The summed E-state index contributed by atoms with van der Waals surface area (Å²) in [6.45, 7) is 28.9. The standard InChI is InChI=1S/C25H30N3.C21H28N3.C14H15N4.2C14H16N.C13H14N/c1-17(2)19-11-9-12-20(18(3)4)24(19)28-22-14-8-7-13-21(22)27(6)25(28)23-15-10-16-26(23)5;1-15(2)17-9-7-10-18(16(3)4)20(17)24-14-13-23(6)21(24)19-11-8-12-22(19)5;1-16-9-8-15-13(16)14-17(2)10-11-18(14)12-6-4-3-5-7-12;1-11-8-9-15(3)14(10-11)13-7-5-4-6-12(13)2;1-11-8-9-14(15(3)10-11)13-7-5-4-6-12(13)2;1-11-7-3-4-8-12(11)13-9-5-6-10-14(13)2/h7-18H,1-6H3;7-16H,1-6H3;3-11H,1-2H3;2*4-10H,1-3H3;3-10H,1-2H3/q6*+1. The van der Waals surface area contributed by atoms with Crippen LogP contribution in [0.1, 0.15) is 129 Å².